The van der Waals surface area contributed by atoms with Crippen molar-refractivity contribution < 1.29 is 19.4 Å². The predicted octanol–water partition coefficient (Wildman–Crippen LogP) is 0.448. The molecule has 94 valence electrons. The van der Waals surface area contributed by atoms with E-state index in [1.54, 1.807) is 25.3 Å². The first-order chi connectivity index (χ1) is 8.17. The van der Waals surface area contributed by atoms with E-state index in [-0.39, 0.29) is 19.6 Å². The molecule has 0 aliphatic carbocycles. The number of hydrogen-bond donors (Lipinski definition) is 2. The highest BCUT2D eigenvalue weighted by molar-refractivity contribution is 5.74. The van der Waals surface area contributed by atoms with Crippen LogP contribution in [-0.4, -0.2) is 30.8 Å². The molecule has 5 heteroatoms. The lowest BCUT2D eigenvalue weighted by Crippen LogP contribution is -2.25. The number of hydrogen-bond acceptors (Lipinski definition) is 5. The number of methoxy groups -OCH3 is 1. The summed E-state index contributed by atoms with van der Waals surface area (Å²) in [5.74, 6) is 0.0410. The van der Waals surface area contributed by atoms with Crippen LogP contribution in [0.5, 0.6) is 5.75 Å². The normalized spacial score (nSPS) is 11.9. The molecule has 0 spiro atoms. The average Bonchev–Trinajstić information content (AvgIpc) is 2.36. The van der Waals surface area contributed by atoms with E-state index >= 15 is 0 Å². The highest BCUT2D eigenvalue weighted by Gasteiger charge is 2.15. The van der Waals surface area contributed by atoms with Crippen molar-refractivity contribution in [3.63, 3.8) is 0 Å². The number of carbonyl (C=O) groups is 1. The molecule has 0 fully saturated rings. The third-order valence-corrected chi connectivity index (χ3v) is 2.23. The second kappa shape index (κ2) is 6.88. The first-order valence-corrected chi connectivity index (χ1v) is 5.35. The van der Waals surface area contributed by atoms with E-state index in [4.69, 9.17) is 15.2 Å². The van der Waals surface area contributed by atoms with Gasteiger partial charge in [0.05, 0.1) is 7.11 Å². The van der Waals surface area contributed by atoms with Gasteiger partial charge in [-0.05, 0) is 30.7 Å². The van der Waals surface area contributed by atoms with Gasteiger partial charge in [-0.1, -0.05) is 12.1 Å². The molecule has 0 saturated carbocycles. The number of nitrogens with two attached hydrogens (primary N) is 1. The molecule has 0 amide bonds. The highest BCUT2D eigenvalue weighted by atomic mass is 16.5. The van der Waals surface area contributed by atoms with Crippen LogP contribution in [-0.2, 0) is 16.1 Å². The van der Waals surface area contributed by atoms with Crippen LogP contribution in [0.25, 0.3) is 0 Å². The summed E-state index contributed by atoms with van der Waals surface area (Å²) in [6.45, 7) is 0.354. The van der Waals surface area contributed by atoms with E-state index in [0.717, 1.165) is 5.56 Å². The molecule has 5 nitrogen and oxygen atoms in total. The van der Waals surface area contributed by atoms with E-state index in [1.165, 1.54) is 0 Å². The molecule has 0 aromatic heterocycles. The van der Waals surface area contributed by atoms with Crippen molar-refractivity contribution in [2.75, 3.05) is 13.7 Å². The Bertz CT molecular complexity index is 367. The first kappa shape index (κ1) is 13.5. The van der Waals surface area contributed by atoms with Crippen LogP contribution in [0, 0.1) is 0 Å². The van der Waals surface area contributed by atoms with Crippen LogP contribution in [0.2, 0.25) is 0 Å². The van der Waals surface area contributed by atoms with Gasteiger partial charge in [-0.2, -0.15) is 0 Å². The van der Waals surface area contributed by atoms with Crippen molar-refractivity contribution in [3.05, 3.63) is 29.8 Å². The molecule has 3 N–H and O–H groups in total. The fourth-order valence-electron chi connectivity index (χ4n) is 1.29. The Morgan fingerprint density at radius 3 is 2.94 bits per heavy atom. The Labute approximate surface area is 100 Å². The molecule has 1 rings (SSSR count). The minimum absolute atomic E-state index is 0.109. The molecule has 1 aromatic carbocycles. The Balaban J connectivity index is 2.46. The summed E-state index contributed by atoms with van der Waals surface area (Å²) in [5.41, 5.74) is 6.03. The van der Waals surface area contributed by atoms with Gasteiger partial charge >= 0.3 is 5.97 Å². The molecule has 0 saturated heterocycles. The number of carbonyl (C=O) groups excluding carboxylic acids is 1. The summed E-state index contributed by atoms with van der Waals surface area (Å²) in [4.78, 5) is 11.3. The van der Waals surface area contributed by atoms with E-state index in [9.17, 15) is 9.90 Å². The molecule has 0 aliphatic heterocycles. The Hall–Kier alpha value is -1.59. The number of ether oxygens (including phenoxy) is 2. The van der Waals surface area contributed by atoms with Gasteiger partial charge in [0.2, 0.25) is 0 Å². The predicted molar refractivity (Wildman–Crippen MR) is 62.5 cm³/mol. The van der Waals surface area contributed by atoms with Crippen molar-refractivity contribution in [2.45, 2.75) is 19.1 Å². The quantitative estimate of drug-likeness (QED) is 0.704. The zero-order chi connectivity index (χ0) is 12.7. The van der Waals surface area contributed by atoms with Crippen molar-refractivity contribution in [2.24, 2.45) is 5.73 Å². The SMILES string of the molecule is COc1cccc(COC(=O)[C@@H](O)CCN)c1. The maximum Gasteiger partial charge on any atom is 0.335 e. The maximum absolute atomic E-state index is 11.3. The zero-order valence-corrected chi connectivity index (χ0v) is 9.76. The zero-order valence-electron chi connectivity index (χ0n) is 9.76. The third kappa shape index (κ3) is 4.42. The smallest absolute Gasteiger partial charge is 0.335 e. The Kier molecular flexibility index (Phi) is 5.45. The van der Waals surface area contributed by atoms with Gasteiger partial charge in [-0.3, -0.25) is 0 Å². The standard InChI is InChI=1S/C12H17NO4/c1-16-10-4-2-3-9(7-10)8-17-12(15)11(14)5-6-13/h2-4,7,11,14H,5-6,8,13H2,1H3/t11-/m0/s1. The molecular formula is C12H17NO4. The summed E-state index contributed by atoms with van der Waals surface area (Å²) in [6.07, 6.45) is -0.942. The van der Waals surface area contributed by atoms with Crippen molar-refractivity contribution in [1.82, 2.24) is 0 Å². The van der Waals surface area contributed by atoms with Crippen LogP contribution in [0.4, 0.5) is 0 Å². The summed E-state index contributed by atoms with van der Waals surface area (Å²) >= 11 is 0. The number of rotatable bonds is 6. The van der Waals surface area contributed by atoms with Crippen molar-refractivity contribution in [1.29, 1.82) is 0 Å². The molecule has 0 radical (unpaired) electrons. The molecule has 1 atom stereocenters. The Morgan fingerprint density at radius 1 is 1.53 bits per heavy atom. The van der Waals surface area contributed by atoms with Gasteiger partial charge < -0.3 is 20.3 Å². The topological polar surface area (TPSA) is 81.8 Å². The number of aliphatic hydroxyl groups excluding tert-OH is 1. The van der Waals surface area contributed by atoms with Crippen LogP contribution < -0.4 is 10.5 Å². The van der Waals surface area contributed by atoms with Crippen LogP contribution in [0.15, 0.2) is 24.3 Å². The van der Waals surface area contributed by atoms with Crippen molar-refractivity contribution in [3.8, 4) is 5.75 Å². The molecule has 0 unspecified atom stereocenters. The molecule has 1 aromatic rings. The lowest BCUT2D eigenvalue weighted by Gasteiger charge is -2.10. The minimum atomic E-state index is -1.15. The molecule has 0 bridgehead atoms. The molecule has 0 aliphatic rings. The summed E-state index contributed by atoms with van der Waals surface area (Å²) < 4.78 is 9.98. The first-order valence-electron chi connectivity index (χ1n) is 5.35. The third-order valence-electron chi connectivity index (χ3n) is 2.23. The van der Waals surface area contributed by atoms with Gasteiger partial charge in [0.25, 0.3) is 0 Å². The van der Waals surface area contributed by atoms with Gasteiger partial charge in [-0.25, -0.2) is 4.79 Å². The Morgan fingerprint density at radius 2 is 2.29 bits per heavy atom. The molecular weight excluding hydrogens is 222 g/mol. The van der Waals surface area contributed by atoms with Crippen LogP contribution >= 0.6 is 0 Å². The number of esters is 1. The molecule has 0 heterocycles. The molecule has 17 heavy (non-hydrogen) atoms. The monoisotopic (exact) mass is 239 g/mol. The summed E-state index contributed by atoms with van der Waals surface area (Å²) in [6, 6.07) is 7.18. The number of aliphatic hydroxyl groups is 1. The fraction of sp³-hybridized carbons (Fsp3) is 0.417. The van der Waals surface area contributed by atoms with E-state index in [1.807, 2.05) is 6.07 Å². The maximum atomic E-state index is 11.3. The van der Waals surface area contributed by atoms with Gasteiger partial charge in [-0.15, -0.1) is 0 Å². The lowest BCUT2D eigenvalue weighted by molar-refractivity contribution is -0.155. The minimum Gasteiger partial charge on any atom is -0.497 e. The van der Waals surface area contributed by atoms with E-state index in [2.05, 4.69) is 0 Å². The second-order valence-electron chi connectivity index (χ2n) is 3.55. The highest BCUT2D eigenvalue weighted by Crippen LogP contribution is 2.13. The number of benzene rings is 1. The fourth-order valence-corrected chi connectivity index (χ4v) is 1.29. The largest absolute Gasteiger partial charge is 0.497 e. The van der Waals surface area contributed by atoms with Gasteiger partial charge in [0, 0.05) is 0 Å². The van der Waals surface area contributed by atoms with Gasteiger partial charge in [0.1, 0.15) is 12.4 Å². The lowest BCUT2D eigenvalue weighted by atomic mass is 10.2. The van der Waals surface area contributed by atoms with E-state index < -0.39 is 12.1 Å². The summed E-state index contributed by atoms with van der Waals surface area (Å²) in [7, 11) is 1.57. The second-order valence-corrected chi connectivity index (χ2v) is 3.55. The van der Waals surface area contributed by atoms with E-state index in [0.29, 0.717) is 5.75 Å². The van der Waals surface area contributed by atoms with Gasteiger partial charge in [0.15, 0.2) is 6.10 Å². The van der Waals surface area contributed by atoms with Crippen LogP contribution in [0.1, 0.15) is 12.0 Å². The average molecular weight is 239 g/mol. The summed E-state index contributed by atoms with van der Waals surface area (Å²) in [5, 5.41) is 9.32. The van der Waals surface area contributed by atoms with Crippen LogP contribution in [0.3, 0.4) is 0 Å². The van der Waals surface area contributed by atoms with Crippen molar-refractivity contribution >= 4 is 5.97 Å².